The predicted molar refractivity (Wildman–Crippen MR) is 91.6 cm³/mol. The van der Waals surface area contributed by atoms with E-state index < -0.39 is 6.04 Å². The molecule has 0 radical (unpaired) electrons. The maximum absolute atomic E-state index is 12.9. The molecule has 1 N–H and O–H groups in total. The Balaban J connectivity index is 2.24. The summed E-state index contributed by atoms with van der Waals surface area (Å²) >= 11 is 0. The third kappa shape index (κ3) is 4.57. The van der Waals surface area contributed by atoms with Crippen LogP contribution in [0.2, 0.25) is 0 Å². The monoisotopic (exact) mass is 316 g/mol. The van der Waals surface area contributed by atoms with Crippen molar-refractivity contribution in [2.24, 2.45) is 11.8 Å². The molecule has 1 fully saturated rings. The lowest BCUT2D eigenvalue weighted by molar-refractivity contribution is -0.151. The molecule has 4 nitrogen and oxygen atoms in total. The van der Waals surface area contributed by atoms with E-state index >= 15 is 0 Å². The highest BCUT2D eigenvalue weighted by Gasteiger charge is 2.40. The molecule has 1 aliphatic heterocycles. The zero-order valence-electron chi connectivity index (χ0n) is 14.6. The molecule has 0 aromatic heterocycles. The number of piperazine rings is 1. The lowest BCUT2D eigenvalue weighted by Crippen LogP contribution is -2.63. The molecule has 1 heterocycles. The van der Waals surface area contributed by atoms with Crippen LogP contribution in [0, 0.1) is 11.8 Å². The van der Waals surface area contributed by atoms with E-state index in [2.05, 4.69) is 33.0 Å². The summed E-state index contributed by atoms with van der Waals surface area (Å²) in [5, 5.41) is 2.94. The second-order valence-electron chi connectivity index (χ2n) is 7.29. The van der Waals surface area contributed by atoms with E-state index in [-0.39, 0.29) is 17.9 Å². The number of carbonyl (C=O) groups is 2. The third-order valence-electron chi connectivity index (χ3n) is 4.17. The number of carbonyl (C=O) groups excluding carboxylic acids is 2. The zero-order valence-corrected chi connectivity index (χ0v) is 14.6. The molecule has 1 aromatic carbocycles. The van der Waals surface area contributed by atoms with Crippen LogP contribution in [0.15, 0.2) is 30.3 Å². The molecular weight excluding hydrogens is 288 g/mol. The fourth-order valence-electron chi connectivity index (χ4n) is 3.11. The van der Waals surface area contributed by atoms with Crippen molar-refractivity contribution < 1.29 is 9.59 Å². The third-order valence-corrected chi connectivity index (χ3v) is 4.17. The van der Waals surface area contributed by atoms with Crippen LogP contribution in [0.5, 0.6) is 0 Å². The van der Waals surface area contributed by atoms with Crippen LogP contribution in [0.1, 0.15) is 46.1 Å². The van der Waals surface area contributed by atoms with Gasteiger partial charge in [0.1, 0.15) is 12.1 Å². The number of amides is 2. The number of rotatable bonds is 6. The summed E-state index contributed by atoms with van der Waals surface area (Å²) < 4.78 is 0. The Labute approximate surface area is 139 Å². The fourth-order valence-corrected chi connectivity index (χ4v) is 3.11. The number of hydrogen-bond donors (Lipinski definition) is 1. The lowest BCUT2D eigenvalue weighted by Gasteiger charge is -2.40. The second kappa shape index (κ2) is 7.62. The first-order chi connectivity index (χ1) is 10.9. The van der Waals surface area contributed by atoms with Gasteiger partial charge in [0.2, 0.25) is 11.8 Å². The number of hydrogen-bond acceptors (Lipinski definition) is 2. The molecule has 1 saturated heterocycles. The Morgan fingerprint density at radius 1 is 1.00 bits per heavy atom. The topological polar surface area (TPSA) is 49.4 Å². The summed E-state index contributed by atoms with van der Waals surface area (Å²) in [5.41, 5.74) is 1.06. The van der Waals surface area contributed by atoms with E-state index in [4.69, 9.17) is 0 Å². The van der Waals surface area contributed by atoms with Gasteiger partial charge in [-0.05, 0) is 30.2 Å². The van der Waals surface area contributed by atoms with Crippen LogP contribution in [0.3, 0.4) is 0 Å². The molecule has 23 heavy (non-hydrogen) atoms. The van der Waals surface area contributed by atoms with Gasteiger partial charge in [-0.15, -0.1) is 0 Å². The quantitative estimate of drug-likeness (QED) is 0.877. The average Bonchev–Trinajstić information content (AvgIpc) is 2.48. The predicted octanol–water partition coefficient (Wildman–Crippen LogP) is 2.97. The van der Waals surface area contributed by atoms with Crippen LogP contribution in [-0.2, 0) is 16.1 Å². The van der Waals surface area contributed by atoms with Gasteiger partial charge >= 0.3 is 0 Å². The van der Waals surface area contributed by atoms with Crippen LogP contribution >= 0.6 is 0 Å². The van der Waals surface area contributed by atoms with Gasteiger partial charge in [0.25, 0.3) is 0 Å². The SMILES string of the molecule is CC(C)CC1NC(=O)C(CC(C)C)N(Cc2ccccc2)C1=O. The molecule has 0 bridgehead atoms. The summed E-state index contributed by atoms with van der Waals surface area (Å²) in [4.78, 5) is 27.3. The smallest absolute Gasteiger partial charge is 0.246 e. The lowest BCUT2D eigenvalue weighted by atomic mass is 9.94. The maximum Gasteiger partial charge on any atom is 0.246 e. The van der Waals surface area contributed by atoms with E-state index in [0.717, 1.165) is 5.56 Å². The Morgan fingerprint density at radius 2 is 1.61 bits per heavy atom. The molecule has 2 amide bonds. The first-order valence-corrected chi connectivity index (χ1v) is 8.53. The number of nitrogens with zero attached hydrogens (tertiary/aromatic N) is 1. The van der Waals surface area contributed by atoms with Gasteiger partial charge in [-0.25, -0.2) is 0 Å². The van der Waals surface area contributed by atoms with Crippen LogP contribution in [0.25, 0.3) is 0 Å². The molecule has 2 unspecified atom stereocenters. The second-order valence-corrected chi connectivity index (χ2v) is 7.29. The molecule has 1 aliphatic rings. The summed E-state index contributed by atoms with van der Waals surface area (Å²) in [6.45, 7) is 8.80. The molecule has 0 spiro atoms. The molecule has 4 heteroatoms. The molecule has 0 saturated carbocycles. The Bertz CT molecular complexity index is 540. The average molecular weight is 316 g/mol. The van der Waals surface area contributed by atoms with Gasteiger partial charge in [0.15, 0.2) is 0 Å². The molecule has 2 atom stereocenters. The van der Waals surface area contributed by atoms with Gasteiger partial charge in [-0.3, -0.25) is 9.59 Å². The molecular formula is C19H28N2O2. The van der Waals surface area contributed by atoms with Crippen molar-refractivity contribution >= 4 is 11.8 Å². The minimum Gasteiger partial charge on any atom is -0.342 e. The first-order valence-electron chi connectivity index (χ1n) is 8.53. The summed E-state index contributed by atoms with van der Waals surface area (Å²) in [7, 11) is 0. The van der Waals surface area contributed by atoms with E-state index in [9.17, 15) is 9.59 Å². The van der Waals surface area contributed by atoms with E-state index in [1.807, 2.05) is 30.3 Å². The highest BCUT2D eigenvalue weighted by atomic mass is 16.2. The molecule has 2 rings (SSSR count). The Morgan fingerprint density at radius 3 is 2.17 bits per heavy atom. The minimum atomic E-state index is -0.394. The van der Waals surface area contributed by atoms with Crippen LogP contribution in [-0.4, -0.2) is 28.8 Å². The fraction of sp³-hybridized carbons (Fsp3) is 0.579. The first kappa shape index (κ1) is 17.5. The van der Waals surface area contributed by atoms with Crippen molar-refractivity contribution in [3.63, 3.8) is 0 Å². The van der Waals surface area contributed by atoms with E-state index in [0.29, 0.717) is 31.2 Å². The van der Waals surface area contributed by atoms with E-state index in [1.165, 1.54) is 0 Å². The minimum absolute atomic E-state index is 0.0140. The summed E-state index contributed by atoms with van der Waals surface area (Å²) in [6.07, 6.45) is 1.38. The standard InChI is InChI=1S/C19H28N2O2/c1-13(2)10-16-19(23)21(12-15-8-6-5-7-9-15)17(11-14(3)4)18(22)20-16/h5-9,13-14,16-17H,10-12H2,1-4H3,(H,20,22). The Hall–Kier alpha value is -1.84. The van der Waals surface area contributed by atoms with Crippen molar-refractivity contribution in [1.82, 2.24) is 10.2 Å². The zero-order chi connectivity index (χ0) is 17.0. The van der Waals surface area contributed by atoms with Crippen molar-refractivity contribution in [2.75, 3.05) is 0 Å². The number of benzene rings is 1. The van der Waals surface area contributed by atoms with Crippen LogP contribution in [0.4, 0.5) is 0 Å². The van der Waals surface area contributed by atoms with Gasteiger partial charge in [-0.1, -0.05) is 58.0 Å². The molecule has 1 aromatic rings. The largest absolute Gasteiger partial charge is 0.342 e. The summed E-state index contributed by atoms with van der Waals surface area (Å²) in [6, 6.07) is 9.13. The highest BCUT2D eigenvalue weighted by Crippen LogP contribution is 2.22. The Kier molecular flexibility index (Phi) is 5.80. The van der Waals surface area contributed by atoms with E-state index in [1.54, 1.807) is 4.90 Å². The normalized spacial score (nSPS) is 21.9. The van der Waals surface area contributed by atoms with Gasteiger partial charge in [-0.2, -0.15) is 0 Å². The van der Waals surface area contributed by atoms with Crippen molar-refractivity contribution in [1.29, 1.82) is 0 Å². The highest BCUT2D eigenvalue weighted by molar-refractivity contribution is 5.96. The van der Waals surface area contributed by atoms with Crippen LogP contribution < -0.4 is 5.32 Å². The molecule has 0 aliphatic carbocycles. The van der Waals surface area contributed by atoms with Gasteiger partial charge < -0.3 is 10.2 Å². The summed E-state index contributed by atoms with van der Waals surface area (Å²) in [5.74, 6) is 0.760. The van der Waals surface area contributed by atoms with Gasteiger partial charge in [0, 0.05) is 6.54 Å². The molecule has 126 valence electrons. The maximum atomic E-state index is 12.9. The number of nitrogens with one attached hydrogen (secondary N) is 1. The van der Waals surface area contributed by atoms with Crippen molar-refractivity contribution in [2.45, 2.75) is 59.2 Å². The van der Waals surface area contributed by atoms with Crippen molar-refractivity contribution in [3.05, 3.63) is 35.9 Å². The van der Waals surface area contributed by atoms with Crippen molar-refractivity contribution in [3.8, 4) is 0 Å². The van der Waals surface area contributed by atoms with Gasteiger partial charge in [0.05, 0.1) is 0 Å².